The molecular formula is C21H28N2O5. The number of hydrogen-bond donors (Lipinski definition) is 3. The van der Waals surface area contributed by atoms with Gasteiger partial charge in [-0.3, -0.25) is 0 Å². The summed E-state index contributed by atoms with van der Waals surface area (Å²) in [5, 5.41) is 14.5. The summed E-state index contributed by atoms with van der Waals surface area (Å²) in [4.78, 5) is 11.9. The van der Waals surface area contributed by atoms with E-state index in [0.29, 0.717) is 36.1 Å². The number of rotatable bonds is 9. The maximum Gasteiger partial charge on any atom is 0.319 e. The van der Waals surface area contributed by atoms with Gasteiger partial charge in [0.1, 0.15) is 19.0 Å². The van der Waals surface area contributed by atoms with E-state index in [9.17, 15) is 4.79 Å². The molecule has 0 atom stereocenters. The Bertz CT molecular complexity index is 808. The Morgan fingerprint density at radius 2 is 1.86 bits per heavy atom. The highest BCUT2D eigenvalue weighted by atomic mass is 16.5. The molecule has 28 heavy (non-hydrogen) atoms. The second kappa shape index (κ2) is 10.4. The number of aliphatic hydroxyl groups is 1. The van der Waals surface area contributed by atoms with Gasteiger partial charge in [0, 0.05) is 6.54 Å². The van der Waals surface area contributed by atoms with Gasteiger partial charge in [-0.1, -0.05) is 6.07 Å². The Hall–Kier alpha value is -2.93. The van der Waals surface area contributed by atoms with Gasteiger partial charge in [0.05, 0.1) is 19.4 Å². The Labute approximate surface area is 165 Å². The first-order valence-corrected chi connectivity index (χ1v) is 9.18. The minimum atomic E-state index is -0.296. The van der Waals surface area contributed by atoms with E-state index in [1.165, 1.54) is 0 Å². The van der Waals surface area contributed by atoms with Crippen molar-refractivity contribution in [1.82, 2.24) is 5.32 Å². The van der Waals surface area contributed by atoms with Crippen LogP contribution in [-0.2, 0) is 6.61 Å². The third-order valence-corrected chi connectivity index (χ3v) is 4.07. The maximum absolute atomic E-state index is 11.9. The average Bonchev–Trinajstić information content (AvgIpc) is 2.67. The highest BCUT2D eigenvalue weighted by Crippen LogP contribution is 2.32. The zero-order valence-electron chi connectivity index (χ0n) is 16.8. The molecule has 2 rings (SSSR count). The fourth-order valence-corrected chi connectivity index (χ4v) is 2.63. The van der Waals surface area contributed by atoms with Gasteiger partial charge in [-0.2, -0.15) is 0 Å². The van der Waals surface area contributed by atoms with Crippen molar-refractivity contribution in [3.8, 4) is 17.2 Å². The van der Waals surface area contributed by atoms with Crippen LogP contribution < -0.4 is 24.8 Å². The minimum Gasteiger partial charge on any atom is -0.495 e. The van der Waals surface area contributed by atoms with E-state index in [0.717, 1.165) is 16.7 Å². The summed E-state index contributed by atoms with van der Waals surface area (Å²) in [6, 6.07) is 9.04. The van der Waals surface area contributed by atoms with Crippen LogP contribution in [-0.4, -0.2) is 38.0 Å². The molecule has 2 amide bonds. The molecule has 0 aromatic heterocycles. The summed E-state index contributed by atoms with van der Waals surface area (Å²) >= 11 is 0. The SMILES string of the molecule is CCNC(=O)Nc1cc(COc2cc(C)ccc2OCCO)c(C)cc1OC. The predicted molar refractivity (Wildman–Crippen MR) is 109 cm³/mol. The standard InChI is InChI=1S/C21H28N2O5/c1-5-22-21(25)23-17-12-16(15(3)11-19(17)26-4)13-28-20-10-14(2)6-7-18(20)27-9-8-24/h6-7,10-12,24H,5,8-9,13H2,1-4H3,(H2,22,23,25). The van der Waals surface area contributed by atoms with Crippen molar-refractivity contribution >= 4 is 11.7 Å². The molecule has 0 saturated carbocycles. The molecule has 0 aliphatic heterocycles. The number of aliphatic hydroxyl groups excluding tert-OH is 1. The number of methoxy groups -OCH3 is 1. The number of carbonyl (C=O) groups excluding carboxylic acids is 1. The second-order valence-electron chi connectivity index (χ2n) is 6.27. The molecule has 0 radical (unpaired) electrons. The number of aryl methyl sites for hydroxylation is 2. The van der Waals surface area contributed by atoms with Gasteiger partial charge in [-0.25, -0.2) is 4.79 Å². The third-order valence-electron chi connectivity index (χ3n) is 4.07. The number of benzene rings is 2. The molecule has 3 N–H and O–H groups in total. The van der Waals surface area contributed by atoms with Crippen molar-refractivity contribution in [2.45, 2.75) is 27.4 Å². The summed E-state index contributed by atoms with van der Waals surface area (Å²) < 4.78 is 16.9. The number of hydrogen-bond acceptors (Lipinski definition) is 5. The number of nitrogens with one attached hydrogen (secondary N) is 2. The molecule has 0 aliphatic rings. The highest BCUT2D eigenvalue weighted by molar-refractivity contribution is 5.91. The molecule has 7 heteroatoms. The van der Waals surface area contributed by atoms with E-state index in [4.69, 9.17) is 19.3 Å². The fourth-order valence-electron chi connectivity index (χ4n) is 2.63. The van der Waals surface area contributed by atoms with Crippen LogP contribution in [0, 0.1) is 13.8 Å². The molecule has 0 saturated heterocycles. The molecule has 0 bridgehead atoms. The van der Waals surface area contributed by atoms with Gasteiger partial charge in [-0.05, 0) is 61.7 Å². The summed E-state index contributed by atoms with van der Waals surface area (Å²) in [6.07, 6.45) is 0. The third kappa shape index (κ3) is 5.79. The van der Waals surface area contributed by atoms with Crippen LogP contribution in [0.2, 0.25) is 0 Å². The van der Waals surface area contributed by atoms with E-state index in [-0.39, 0.29) is 19.2 Å². The smallest absolute Gasteiger partial charge is 0.319 e. The highest BCUT2D eigenvalue weighted by Gasteiger charge is 2.13. The lowest BCUT2D eigenvalue weighted by atomic mass is 10.1. The Kier molecular flexibility index (Phi) is 7.95. The summed E-state index contributed by atoms with van der Waals surface area (Å²) in [6.45, 7) is 6.72. The normalized spacial score (nSPS) is 10.3. The Morgan fingerprint density at radius 3 is 2.54 bits per heavy atom. The topological polar surface area (TPSA) is 89.1 Å². The number of carbonyl (C=O) groups is 1. The van der Waals surface area contributed by atoms with Gasteiger partial charge in [0.25, 0.3) is 0 Å². The van der Waals surface area contributed by atoms with E-state index in [2.05, 4.69) is 10.6 Å². The lowest BCUT2D eigenvalue weighted by Crippen LogP contribution is -2.28. The van der Waals surface area contributed by atoms with Crippen LogP contribution in [0.15, 0.2) is 30.3 Å². The molecular weight excluding hydrogens is 360 g/mol. The van der Waals surface area contributed by atoms with Gasteiger partial charge in [0.15, 0.2) is 11.5 Å². The van der Waals surface area contributed by atoms with Gasteiger partial charge < -0.3 is 30.0 Å². The predicted octanol–water partition coefficient (Wildman–Crippen LogP) is 3.40. The number of amides is 2. The molecule has 7 nitrogen and oxygen atoms in total. The van der Waals surface area contributed by atoms with Gasteiger partial charge in [-0.15, -0.1) is 0 Å². The molecule has 0 heterocycles. The summed E-state index contributed by atoms with van der Waals surface area (Å²) in [5.74, 6) is 1.75. The molecule has 0 fully saturated rings. The quantitative estimate of drug-likeness (QED) is 0.613. The first-order valence-electron chi connectivity index (χ1n) is 9.18. The lowest BCUT2D eigenvalue weighted by molar-refractivity contribution is 0.192. The molecule has 2 aromatic rings. The van der Waals surface area contributed by atoms with Crippen molar-refractivity contribution < 1.29 is 24.1 Å². The van der Waals surface area contributed by atoms with Crippen LogP contribution in [0.25, 0.3) is 0 Å². The van der Waals surface area contributed by atoms with Crippen molar-refractivity contribution in [3.63, 3.8) is 0 Å². The fraction of sp³-hybridized carbons (Fsp3) is 0.381. The van der Waals surface area contributed by atoms with Crippen molar-refractivity contribution in [2.24, 2.45) is 0 Å². The van der Waals surface area contributed by atoms with Crippen LogP contribution >= 0.6 is 0 Å². The lowest BCUT2D eigenvalue weighted by Gasteiger charge is -2.17. The van der Waals surface area contributed by atoms with E-state index < -0.39 is 0 Å². The molecule has 152 valence electrons. The molecule has 0 aliphatic carbocycles. The van der Waals surface area contributed by atoms with E-state index in [1.807, 2.05) is 51.1 Å². The zero-order valence-corrected chi connectivity index (χ0v) is 16.8. The van der Waals surface area contributed by atoms with Crippen LogP contribution in [0.3, 0.4) is 0 Å². The first kappa shape index (κ1) is 21.4. The Balaban J connectivity index is 2.22. The first-order chi connectivity index (χ1) is 13.5. The monoisotopic (exact) mass is 388 g/mol. The van der Waals surface area contributed by atoms with Crippen molar-refractivity contribution in [2.75, 3.05) is 32.2 Å². The summed E-state index contributed by atoms with van der Waals surface area (Å²) in [7, 11) is 1.56. The zero-order chi connectivity index (χ0) is 20.5. The minimum absolute atomic E-state index is 0.0697. The molecule has 0 unspecified atom stereocenters. The Morgan fingerprint density at radius 1 is 1.07 bits per heavy atom. The van der Waals surface area contributed by atoms with Crippen LogP contribution in [0.1, 0.15) is 23.6 Å². The average molecular weight is 388 g/mol. The van der Waals surface area contributed by atoms with Gasteiger partial charge in [0.2, 0.25) is 0 Å². The van der Waals surface area contributed by atoms with Crippen molar-refractivity contribution in [3.05, 3.63) is 47.0 Å². The number of urea groups is 1. The van der Waals surface area contributed by atoms with E-state index >= 15 is 0 Å². The maximum atomic E-state index is 11.9. The van der Waals surface area contributed by atoms with Crippen molar-refractivity contribution in [1.29, 1.82) is 0 Å². The number of ether oxygens (including phenoxy) is 3. The largest absolute Gasteiger partial charge is 0.495 e. The van der Waals surface area contributed by atoms with E-state index in [1.54, 1.807) is 7.11 Å². The van der Waals surface area contributed by atoms with Crippen LogP contribution in [0.5, 0.6) is 17.2 Å². The number of anilines is 1. The van der Waals surface area contributed by atoms with Gasteiger partial charge >= 0.3 is 6.03 Å². The molecule has 0 spiro atoms. The molecule has 2 aromatic carbocycles. The second-order valence-corrected chi connectivity index (χ2v) is 6.27. The van der Waals surface area contributed by atoms with Crippen LogP contribution in [0.4, 0.5) is 10.5 Å². The summed E-state index contributed by atoms with van der Waals surface area (Å²) in [5.41, 5.74) is 3.49.